The van der Waals surface area contributed by atoms with Gasteiger partial charge in [0.15, 0.2) is 0 Å². The van der Waals surface area contributed by atoms with Crippen LogP contribution in [0.25, 0.3) is 31.8 Å². The molecule has 2 aromatic heterocycles. The van der Waals surface area contributed by atoms with Crippen LogP contribution >= 0.6 is 11.3 Å². The highest BCUT2D eigenvalue weighted by Gasteiger charge is 2.18. The number of benzene rings is 2. The van der Waals surface area contributed by atoms with Crippen molar-refractivity contribution < 1.29 is 0 Å². The summed E-state index contributed by atoms with van der Waals surface area (Å²) in [6.45, 7) is 13.7. The first-order valence-electron chi connectivity index (χ1n) is 9.82. The number of thiophene rings is 1. The van der Waals surface area contributed by atoms with E-state index in [1.54, 1.807) is 0 Å². The lowest BCUT2D eigenvalue weighted by molar-refractivity contribution is 1.33. The van der Waals surface area contributed by atoms with E-state index in [4.69, 9.17) is 4.98 Å². The van der Waals surface area contributed by atoms with Gasteiger partial charge >= 0.3 is 0 Å². The van der Waals surface area contributed by atoms with Crippen LogP contribution in [0.5, 0.6) is 0 Å². The van der Waals surface area contributed by atoms with Crippen molar-refractivity contribution in [2.75, 3.05) is 0 Å². The number of rotatable bonds is 3. The summed E-state index contributed by atoms with van der Waals surface area (Å²) < 4.78 is 1.29. The van der Waals surface area contributed by atoms with Crippen molar-refractivity contribution in [3.05, 3.63) is 71.4 Å². The molecule has 0 atom stereocenters. The molecule has 2 heterocycles. The van der Waals surface area contributed by atoms with Crippen LogP contribution < -0.4 is 5.19 Å². The van der Waals surface area contributed by atoms with Crippen LogP contribution in [0.15, 0.2) is 54.7 Å². The Morgan fingerprint density at radius 1 is 0.786 bits per heavy atom. The van der Waals surface area contributed by atoms with Crippen molar-refractivity contribution in [2.24, 2.45) is 0 Å². The van der Waals surface area contributed by atoms with Crippen molar-refractivity contribution in [2.45, 2.75) is 40.4 Å². The van der Waals surface area contributed by atoms with E-state index in [9.17, 15) is 0 Å². The third kappa shape index (κ3) is 3.45. The van der Waals surface area contributed by atoms with Crippen molar-refractivity contribution in [3.63, 3.8) is 0 Å². The smallest absolute Gasteiger partial charge is 0.0880 e. The van der Waals surface area contributed by atoms with E-state index in [2.05, 4.69) is 88.9 Å². The van der Waals surface area contributed by atoms with Gasteiger partial charge in [0.25, 0.3) is 0 Å². The van der Waals surface area contributed by atoms with Crippen LogP contribution in [-0.4, -0.2) is 13.1 Å². The molecule has 0 aliphatic carbocycles. The molecule has 0 saturated carbocycles. The standard InChI is InChI=1S/C25H27NSSi/c1-16-13-17(2)15-20(14-16)23-25-22(11-12-26-23)18(3)24(27-25)19-7-9-21(10-8-19)28(4,5)6/h7-15H,1-6H3. The van der Waals surface area contributed by atoms with Crippen LogP contribution in [0.1, 0.15) is 16.7 Å². The number of fused-ring (bicyclic) bond motifs is 1. The van der Waals surface area contributed by atoms with Crippen LogP contribution in [-0.2, 0) is 0 Å². The highest BCUT2D eigenvalue weighted by atomic mass is 32.1. The molecule has 0 saturated heterocycles. The highest BCUT2D eigenvalue weighted by Crippen LogP contribution is 2.41. The number of aromatic nitrogens is 1. The molecule has 28 heavy (non-hydrogen) atoms. The van der Waals surface area contributed by atoms with E-state index in [1.165, 1.54) is 48.0 Å². The number of hydrogen-bond acceptors (Lipinski definition) is 2. The van der Waals surface area contributed by atoms with Gasteiger partial charge in [-0.15, -0.1) is 11.3 Å². The first-order chi connectivity index (χ1) is 13.2. The minimum Gasteiger partial charge on any atom is -0.255 e. The molecule has 0 bridgehead atoms. The predicted octanol–water partition coefficient (Wildman–Crippen LogP) is 7.10. The largest absolute Gasteiger partial charge is 0.255 e. The monoisotopic (exact) mass is 401 g/mol. The van der Waals surface area contributed by atoms with Crippen LogP contribution in [0.4, 0.5) is 0 Å². The molecular formula is C25H27NSSi. The Kier molecular flexibility index (Phi) is 4.76. The first-order valence-corrected chi connectivity index (χ1v) is 14.1. The highest BCUT2D eigenvalue weighted by molar-refractivity contribution is 7.23. The Hall–Kier alpha value is -2.23. The molecule has 0 aliphatic heterocycles. The summed E-state index contributed by atoms with van der Waals surface area (Å²) in [5.74, 6) is 0. The lowest BCUT2D eigenvalue weighted by Gasteiger charge is -2.16. The van der Waals surface area contributed by atoms with E-state index < -0.39 is 8.07 Å². The third-order valence-corrected chi connectivity index (χ3v) is 8.79. The normalized spacial score (nSPS) is 11.9. The molecule has 2 aromatic carbocycles. The van der Waals surface area contributed by atoms with Gasteiger partial charge in [-0.05, 0) is 55.5 Å². The molecule has 0 aliphatic rings. The second-order valence-electron chi connectivity index (χ2n) is 8.80. The fourth-order valence-electron chi connectivity index (χ4n) is 3.86. The zero-order valence-electron chi connectivity index (χ0n) is 17.6. The number of hydrogen-bond donors (Lipinski definition) is 0. The van der Waals surface area contributed by atoms with E-state index in [1.807, 2.05) is 17.5 Å². The van der Waals surface area contributed by atoms with Gasteiger partial charge in [-0.1, -0.05) is 66.3 Å². The van der Waals surface area contributed by atoms with Crippen LogP contribution in [0.3, 0.4) is 0 Å². The molecule has 0 radical (unpaired) electrons. The van der Waals surface area contributed by atoms with Gasteiger partial charge in [0.2, 0.25) is 0 Å². The van der Waals surface area contributed by atoms with Crippen molar-refractivity contribution in [3.8, 4) is 21.7 Å². The Balaban J connectivity index is 1.87. The zero-order chi connectivity index (χ0) is 20.1. The maximum atomic E-state index is 4.77. The second kappa shape index (κ2) is 6.98. The fourth-order valence-corrected chi connectivity index (χ4v) is 6.35. The van der Waals surface area contributed by atoms with Gasteiger partial charge < -0.3 is 0 Å². The molecule has 0 unspecified atom stereocenters. The average Bonchev–Trinajstić information content (AvgIpc) is 2.97. The third-order valence-electron chi connectivity index (χ3n) is 5.36. The minimum atomic E-state index is -1.27. The van der Waals surface area contributed by atoms with Crippen LogP contribution in [0, 0.1) is 20.8 Å². The maximum Gasteiger partial charge on any atom is 0.0880 e. The van der Waals surface area contributed by atoms with Crippen molar-refractivity contribution in [1.82, 2.24) is 4.98 Å². The molecule has 0 fully saturated rings. The quantitative estimate of drug-likeness (QED) is 0.334. The van der Waals surface area contributed by atoms with E-state index in [0.717, 1.165) is 5.69 Å². The van der Waals surface area contributed by atoms with Gasteiger partial charge in [-0.3, -0.25) is 4.98 Å². The van der Waals surface area contributed by atoms with Crippen molar-refractivity contribution in [1.29, 1.82) is 0 Å². The molecule has 3 heteroatoms. The van der Waals surface area contributed by atoms with E-state index in [0.29, 0.717) is 0 Å². The summed E-state index contributed by atoms with van der Waals surface area (Å²) in [6.07, 6.45) is 1.95. The summed E-state index contributed by atoms with van der Waals surface area (Å²) in [4.78, 5) is 6.13. The van der Waals surface area contributed by atoms with Crippen molar-refractivity contribution >= 4 is 34.7 Å². The van der Waals surface area contributed by atoms with Crippen LogP contribution in [0.2, 0.25) is 19.6 Å². The predicted molar refractivity (Wildman–Crippen MR) is 128 cm³/mol. The molecular weight excluding hydrogens is 374 g/mol. The molecule has 4 aromatic rings. The van der Waals surface area contributed by atoms with E-state index >= 15 is 0 Å². The Bertz CT molecular complexity index is 1140. The first kappa shape index (κ1) is 19.1. The van der Waals surface area contributed by atoms with Gasteiger partial charge in [0.1, 0.15) is 0 Å². The topological polar surface area (TPSA) is 12.9 Å². The van der Waals surface area contributed by atoms with Gasteiger partial charge in [0.05, 0.1) is 18.5 Å². The van der Waals surface area contributed by atoms with Gasteiger partial charge in [-0.25, -0.2) is 0 Å². The zero-order valence-corrected chi connectivity index (χ0v) is 19.4. The molecule has 1 nitrogen and oxygen atoms in total. The summed E-state index contributed by atoms with van der Waals surface area (Å²) in [5, 5.41) is 2.83. The Morgan fingerprint density at radius 3 is 2.04 bits per heavy atom. The lowest BCUT2D eigenvalue weighted by Crippen LogP contribution is -2.37. The number of pyridine rings is 1. The summed E-state index contributed by atoms with van der Waals surface area (Å²) in [5.41, 5.74) is 7.54. The lowest BCUT2D eigenvalue weighted by atomic mass is 10.0. The van der Waals surface area contributed by atoms with E-state index in [-0.39, 0.29) is 0 Å². The SMILES string of the molecule is Cc1cc(C)cc(-c2nccc3c(C)c(-c4ccc([Si](C)(C)C)cc4)sc23)c1. The molecule has 4 rings (SSSR count). The minimum absolute atomic E-state index is 1.10. The summed E-state index contributed by atoms with van der Waals surface area (Å²) >= 11 is 1.87. The molecule has 0 spiro atoms. The van der Waals surface area contributed by atoms with Gasteiger partial charge in [0, 0.05) is 16.6 Å². The second-order valence-corrected chi connectivity index (χ2v) is 14.9. The molecule has 0 amide bonds. The maximum absolute atomic E-state index is 4.77. The summed E-state index contributed by atoms with van der Waals surface area (Å²) in [6, 6.07) is 18.1. The average molecular weight is 402 g/mol. The number of nitrogens with zero attached hydrogens (tertiary/aromatic N) is 1. The Labute approximate surface area is 173 Å². The molecule has 0 N–H and O–H groups in total. The fraction of sp³-hybridized carbons (Fsp3) is 0.240. The van der Waals surface area contributed by atoms with Gasteiger partial charge in [-0.2, -0.15) is 0 Å². The summed E-state index contributed by atoms with van der Waals surface area (Å²) in [7, 11) is -1.27. The Morgan fingerprint density at radius 2 is 1.43 bits per heavy atom. The molecule has 142 valence electrons. The number of aryl methyl sites for hydroxylation is 3.